The molecule has 0 N–H and O–H groups in total. The fourth-order valence-corrected chi connectivity index (χ4v) is 9.90. The second-order valence-corrected chi connectivity index (χ2v) is 15.0. The van der Waals surface area contributed by atoms with Gasteiger partial charge in [0.15, 0.2) is 7.14 Å². The minimum Gasteiger partial charge on any atom is -0.309 e. The molecule has 0 aliphatic carbocycles. The van der Waals surface area contributed by atoms with Crippen LogP contribution in [0.4, 0.5) is 0 Å². The van der Waals surface area contributed by atoms with E-state index in [0.29, 0.717) is 0 Å². The predicted molar refractivity (Wildman–Crippen MR) is 205 cm³/mol. The largest absolute Gasteiger partial charge is 0.309 e. The highest BCUT2D eigenvalue weighted by molar-refractivity contribution is 7.85. The Kier molecular flexibility index (Phi) is 6.78. The average Bonchev–Trinajstić information content (AvgIpc) is 3.18. The summed E-state index contributed by atoms with van der Waals surface area (Å²) in [6.45, 7) is 0. The van der Waals surface area contributed by atoms with Crippen LogP contribution in [-0.2, 0) is 4.57 Å². The first kappa shape index (κ1) is 28.4. The van der Waals surface area contributed by atoms with Crippen LogP contribution in [-0.4, -0.2) is 4.98 Å². The lowest BCUT2D eigenvalue weighted by atomic mass is 9.89. The lowest BCUT2D eigenvalue weighted by Gasteiger charge is -2.20. The number of benzene rings is 8. The van der Waals surface area contributed by atoms with Crippen molar-refractivity contribution in [3.8, 4) is 22.4 Å². The molecule has 0 saturated heterocycles. The van der Waals surface area contributed by atoms with Crippen LogP contribution in [0.5, 0.6) is 0 Å². The number of pyridine rings is 1. The summed E-state index contributed by atoms with van der Waals surface area (Å²) in [4.78, 5) is 5.41. The highest BCUT2D eigenvalue weighted by atomic mass is 31.2. The van der Waals surface area contributed by atoms with E-state index in [1.807, 2.05) is 72.8 Å². The molecule has 8 aromatic carbocycles. The lowest BCUT2D eigenvalue weighted by Crippen LogP contribution is -2.24. The number of nitrogens with zero attached hydrogens (tertiary/aromatic N) is 1. The minimum absolute atomic E-state index is 0.818. The summed E-state index contributed by atoms with van der Waals surface area (Å²) < 4.78 is 14.9. The zero-order chi connectivity index (χ0) is 32.1. The number of rotatable bonds is 5. The zero-order valence-corrected chi connectivity index (χ0v) is 27.0. The van der Waals surface area contributed by atoms with Crippen molar-refractivity contribution < 1.29 is 4.57 Å². The van der Waals surface area contributed by atoms with Gasteiger partial charge in [-0.3, -0.25) is 0 Å². The maximum absolute atomic E-state index is 14.9. The molecule has 0 unspecified atom stereocenters. The van der Waals surface area contributed by atoms with Gasteiger partial charge in [-0.25, -0.2) is 4.98 Å². The molecule has 0 fully saturated rings. The first-order valence-corrected chi connectivity index (χ1v) is 18.0. The van der Waals surface area contributed by atoms with Crippen LogP contribution in [0.15, 0.2) is 182 Å². The molecule has 1 heterocycles. The van der Waals surface area contributed by atoms with Gasteiger partial charge in [-0.15, -0.1) is 0 Å². The van der Waals surface area contributed by atoms with Crippen LogP contribution < -0.4 is 15.9 Å². The molecule has 0 amide bonds. The van der Waals surface area contributed by atoms with E-state index in [1.165, 1.54) is 32.3 Å². The average molecular weight is 632 g/mol. The maximum Gasteiger partial charge on any atom is 0.171 e. The molecule has 0 radical (unpaired) electrons. The molecule has 3 heteroatoms. The summed E-state index contributed by atoms with van der Waals surface area (Å²) in [7, 11) is -3.05. The zero-order valence-electron chi connectivity index (χ0n) is 26.1. The van der Waals surface area contributed by atoms with Crippen molar-refractivity contribution in [3.63, 3.8) is 0 Å². The normalized spacial score (nSPS) is 11.8. The molecule has 48 heavy (non-hydrogen) atoms. The fraction of sp³-hybridized carbons (Fsp3) is 0. The van der Waals surface area contributed by atoms with Crippen LogP contribution in [0.1, 0.15) is 0 Å². The Morgan fingerprint density at radius 1 is 0.354 bits per heavy atom. The first-order chi connectivity index (χ1) is 23.7. The third-order valence-electron chi connectivity index (χ3n) is 9.52. The Hall–Kier alpha value is -5.82. The van der Waals surface area contributed by atoms with E-state index in [-0.39, 0.29) is 0 Å². The van der Waals surface area contributed by atoms with E-state index in [9.17, 15) is 4.57 Å². The van der Waals surface area contributed by atoms with E-state index < -0.39 is 7.14 Å². The van der Waals surface area contributed by atoms with Crippen molar-refractivity contribution in [2.45, 2.75) is 0 Å². The quantitative estimate of drug-likeness (QED) is 0.140. The summed E-state index contributed by atoms with van der Waals surface area (Å²) in [5.41, 5.74) is 5.15. The van der Waals surface area contributed by atoms with Gasteiger partial charge in [0.05, 0.1) is 11.2 Å². The third kappa shape index (κ3) is 4.49. The number of hydrogen-bond donors (Lipinski definition) is 0. The summed E-state index contributed by atoms with van der Waals surface area (Å²) in [6.07, 6.45) is 0. The molecule has 0 aliphatic heterocycles. The Bertz CT molecular complexity index is 2630. The van der Waals surface area contributed by atoms with Gasteiger partial charge in [0, 0.05) is 37.6 Å². The van der Waals surface area contributed by atoms with E-state index in [1.54, 1.807) is 0 Å². The van der Waals surface area contributed by atoms with Crippen molar-refractivity contribution in [1.82, 2.24) is 4.98 Å². The maximum atomic E-state index is 14.9. The van der Waals surface area contributed by atoms with Crippen molar-refractivity contribution >= 4 is 66.3 Å². The van der Waals surface area contributed by atoms with Gasteiger partial charge in [0.25, 0.3) is 0 Å². The summed E-state index contributed by atoms with van der Waals surface area (Å²) in [6, 6.07) is 62.4. The molecule has 0 bridgehead atoms. The van der Waals surface area contributed by atoms with Gasteiger partial charge in [-0.2, -0.15) is 0 Å². The molecule has 0 spiro atoms. The lowest BCUT2D eigenvalue weighted by molar-refractivity contribution is 0.592. The van der Waals surface area contributed by atoms with Crippen molar-refractivity contribution in [2.75, 3.05) is 0 Å². The molecule has 0 atom stereocenters. The summed E-state index contributed by atoms with van der Waals surface area (Å²) >= 11 is 0. The van der Waals surface area contributed by atoms with Crippen LogP contribution in [0, 0.1) is 0 Å². The summed E-state index contributed by atoms with van der Waals surface area (Å²) in [5.74, 6) is 0. The van der Waals surface area contributed by atoms with Gasteiger partial charge in [0.1, 0.15) is 0 Å². The van der Waals surface area contributed by atoms with E-state index in [0.717, 1.165) is 49.2 Å². The topological polar surface area (TPSA) is 30.0 Å². The molecule has 1 aromatic heterocycles. The van der Waals surface area contributed by atoms with Crippen molar-refractivity contribution in [1.29, 1.82) is 0 Å². The molecule has 0 saturated carbocycles. The predicted octanol–water partition coefficient (Wildman–Crippen LogP) is 10.7. The Labute approximate surface area is 279 Å². The van der Waals surface area contributed by atoms with Gasteiger partial charge in [0.2, 0.25) is 0 Å². The molecule has 9 aromatic rings. The first-order valence-electron chi connectivity index (χ1n) is 16.2. The molecule has 226 valence electrons. The van der Waals surface area contributed by atoms with Crippen LogP contribution >= 0.6 is 7.14 Å². The molecule has 2 nitrogen and oxygen atoms in total. The van der Waals surface area contributed by atoms with Crippen molar-refractivity contribution in [3.05, 3.63) is 182 Å². The standard InChI is InChI=1S/C45H30NOP/c47-48(34-16-6-2-7-17-34,35-18-8-3-9-19-35)36-27-24-31(25-28-36)33-26-29-41-42(30-33)46-45(32-14-4-1-5-15-32)44-40-23-13-11-21-38(40)37-20-10-12-22-39(37)43(41)44/h1-30H. The van der Waals surface area contributed by atoms with Gasteiger partial charge < -0.3 is 4.57 Å². The Morgan fingerprint density at radius 3 is 1.40 bits per heavy atom. The van der Waals surface area contributed by atoms with Crippen molar-refractivity contribution in [2.24, 2.45) is 0 Å². The van der Waals surface area contributed by atoms with Crippen LogP contribution in [0.3, 0.4) is 0 Å². The SMILES string of the molecule is O=P(c1ccccc1)(c1ccccc1)c1ccc(-c2ccc3c(c2)nc(-c2ccccc2)c2c4ccccc4c4ccccc4c32)cc1. The molecular weight excluding hydrogens is 601 g/mol. The molecular formula is C45H30NOP. The number of aromatic nitrogens is 1. The molecule has 9 rings (SSSR count). The Morgan fingerprint density at radius 2 is 0.812 bits per heavy atom. The molecule has 0 aliphatic rings. The third-order valence-corrected chi connectivity index (χ3v) is 12.6. The summed E-state index contributed by atoms with van der Waals surface area (Å²) in [5, 5.41) is 10.9. The second kappa shape index (κ2) is 11.5. The number of fused-ring (bicyclic) bond motifs is 8. The van der Waals surface area contributed by atoms with E-state index in [2.05, 4.69) is 109 Å². The van der Waals surface area contributed by atoms with Gasteiger partial charge in [-0.05, 0) is 38.7 Å². The van der Waals surface area contributed by atoms with E-state index in [4.69, 9.17) is 4.98 Å². The van der Waals surface area contributed by atoms with Crippen LogP contribution in [0.2, 0.25) is 0 Å². The van der Waals surface area contributed by atoms with E-state index >= 15 is 0 Å². The smallest absolute Gasteiger partial charge is 0.171 e. The monoisotopic (exact) mass is 631 g/mol. The highest BCUT2D eigenvalue weighted by Gasteiger charge is 2.29. The van der Waals surface area contributed by atoms with Crippen LogP contribution in [0.25, 0.3) is 65.6 Å². The highest BCUT2D eigenvalue weighted by Crippen LogP contribution is 2.44. The van der Waals surface area contributed by atoms with Gasteiger partial charge >= 0.3 is 0 Å². The number of hydrogen-bond acceptors (Lipinski definition) is 2. The second-order valence-electron chi connectivity index (χ2n) is 12.2. The Balaban J connectivity index is 1.26. The van der Waals surface area contributed by atoms with Gasteiger partial charge in [-0.1, -0.05) is 176 Å². The minimum atomic E-state index is -3.05. The fourth-order valence-electron chi connectivity index (χ4n) is 7.25.